The minimum atomic E-state index is 0.0727. The third-order valence-corrected chi connectivity index (χ3v) is 3.35. The molecule has 0 amide bonds. The van der Waals surface area contributed by atoms with E-state index in [1.165, 1.54) is 12.8 Å². The molecule has 0 bridgehead atoms. The first-order valence-corrected chi connectivity index (χ1v) is 6.13. The number of hydrogen-bond acceptors (Lipinski definition) is 2. The maximum absolute atomic E-state index is 12.0. The molecule has 1 aromatic rings. The van der Waals surface area contributed by atoms with Crippen molar-refractivity contribution >= 4 is 29.0 Å². The zero-order valence-corrected chi connectivity index (χ0v) is 10.4. The fraction of sp³-hybridized carbons (Fsp3) is 0.417. The smallest absolute Gasteiger partial charge is 0.178 e. The molecule has 2 nitrogen and oxygen atoms in total. The van der Waals surface area contributed by atoms with Crippen LogP contribution in [0.5, 0.6) is 0 Å². The molecule has 86 valence electrons. The Kier molecular flexibility index (Phi) is 3.85. The highest BCUT2D eigenvalue weighted by Crippen LogP contribution is 2.22. The lowest BCUT2D eigenvalue weighted by molar-refractivity contribution is 0.0945. The molecule has 2 rings (SSSR count). The average molecular weight is 258 g/mol. The van der Waals surface area contributed by atoms with Gasteiger partial charge in [0.15, 0.2) is 5.78 Å². The molecule has 1 aromatic carbocycles. The molecular weight excluding hydrogens is 245 g/mol. The molecule has 1 heterocycles. The molecule has 1 saturated heterocycles. The summed E-state index contributed by atoms with van der Waals surface area (Å²) < 4.78 is 0. The van der Waals surface area contributed by atoms with Crippen molar-refractivity contribution in [1.82, 2.24) is 4.90 Å². The molecule has 4 heteroatoms. The van der Waals surface area contributed by atoms with Crippen LogP contribution in [0, 0.1) is 0 Å². The molecule has 0 N–H and O–H groups in total. The Balaban J connectivity index is 2.08. The highest BCUT2D eigenvalue weighted by atomic mass is 35.5. The summed E-state index contributed by atoms with van der Waals surface area (Å²) in [5.74, 6) is 0.0727. The Labute approximate surface area is 105 Å². The van der Waals surface area contributed by atoms with Gasteiger partial charge in [-0.15, -0.1) is 0 Å². The van der Waals surface area contributed by atoms with Crippen molar-refractivity contribution in [2.24, 2.45) is 0 Å². The second kappa shape index (κ2) is 5.17. The van der Waals surface area contributed by atoms with Crippen LogP contribution in [-0.2, 0) is 0 Å². The lowest BCUT2D eigenvalue weighted by Gasteiger charge is -2.13. The van der Waals surface area contributed by atoms with Crippen LogP contribution >= 0.6 is 23.2 Å². The summed E-state index contributed by atoms with van der Waals surface area (Å²) in [6.07, 6.45) is 2.36. The number of nitrogens with zero attached hydrogens (tertiary/aromatic N) is 1. The van der Waals surface area contributed by atoms with Gasteiger partial charge in [-0.1, -0.05) is 23.2 Å². The van der Waals surface area contributed by atoms with Crippen molar-refractivity contribution in [2.75, 3.05) is 19.6 Å². The Bertz CT molecular complexity index is 400. The second-order valence-electron chi connectivity index (χ2n) is 4.03. The number of likely N-dealkylation sites (tertiary alicyclic amines) is 1. The number of rotatable bonds is 3. The van der Waals surface area contributed by atoms with Gasteiger partial charge in [0.2, 0.25) is 0 Å². The molecule has 0 aromatic heterocycles. The van der Waals surface area contributed by atoms with Gasteiger partial charge in [-0.2, -0.15) is 0 Å². The van der Waals surface area contributed by atoms with Gasteiger partial charge in [0, 0.05) is 10.6 Å². The van der Waals surface area contributed by atoms with Crippen molar-refractivity contribution in [3.63, 3.8) is 0 Å². The van der Waals surface area contributed by atoms with Gasteiger partial charge in [0.1, 0.15) is 0 Å². The molecule has 0 radical (unpaired) electrons. The van der Waals surface area contributed by atoms with Crippen LogP contribution in [0.3, 0.4) is 0 Å². The maximum Gasteiger partial charge on any atom is 0.178 e. The summed E-state index contributed by atoms with van der Waals surface area (Å²) >= 11 is 11.8. The van der Waals surface area contributed by atoms with Crippen LogP contribution in [0.25, 0.3) is 0 Å². The second-order valence-corrected chi connectivity index (χ2v) is 4.87. The van der Waals surface area contributed by atoms with Gasteiger partial charge in [-0.05, 0) is 44.1 Å². The maximum atomic E-state index is 12.0. The van der Waals surface area contributed by atoms with E-state index in [-0.39, 0.29) is 5.78 Å². The fourth-order valence-corrected chi connectivity index (χ4v) is 2.46. The minimum absolute atomic E-state index is 0.0727. The van der Waals surface area contributed by atoms with E-state index in [0.717, 1.165) is 13.1 Å². The summed E-state index contributed by atoms with van der Waals surface area (Å²) in [5, 5.41) is 0.999. The molecular formula is C12H13Cl2NO. The normalized spacial score (nSPS) is 16.6. The fourth-order valence-electron chi connectivity index (χ4n) is 1.94. The molecule has 0 spiro atoms. The van der Waals surface area contributed by atoms with Crippen molar-refractivity contribution in [2.45, 2.75) is 12.8 Å². The van der Waals surface area contributed by atoms with E-state index in [0.29, 0.717) is 22.2 Å². The van der Waals surface area contributed by atoms with Crippen LogP contribution in [-0.4, -0.2) is 30.3 Å². The minimum Gasteiger partial charge on any atom is -0.296 e. The molecule has 1 aliphatic heterocycles. The molecule has 0 saturated carbocycles. The Hall–Kier alpha value is -0.570. The molecule has 16 heavy (non-hydrogen) atoms. The lowest BCUT2D eigenvalue weighted by atomic mass is 10.1. The van der Waals surface area contributed by atoms with Crippen LogP contribution in [0.1, 0.15) is 23.2 Å². The highest BCUT2D eigenvalue weighted by molar-refractivity contribution is 6.36. The third-order valence-electron chi connectivity index (χ3n) is 2.80. The van der Waals surface area contributed by atoms with E-state index < -0.39 is 0 Å². The third kappa shape index (κ3) is 2.76. The number of carbonyl (C=O) groups excluding carboxylic acids is 1. The number of ketones is 1. The van der Waals surface area contributed by atoms with Gasteiger partial charge >= 0.3 is 0 Å². The van der Waals surface area contributed by atoms with Gasteiger partial charge < -0.3 is 0 Å². The zero-order chi connectivity index (χ0) is 11.5. The molecule has 0 aliphatic carbocycles. The van der Waals surface area contributed by atoms with E-state index in [9.17, 15) is 4.79 Å². The van der Waals surface area contributed by atoms with Crippen LogP contribution in [0.4, 0.5) is 0 Å². The molecule has 0 unspecified atom stereocenters. The standard InChI is InChI=1S/C12H13Cl2NO/c13-9-3-4-10(11(14)7-9)12(16)8-15-5-1-2-6-15/h3-4,7H,1-2,5-6,8H2. The Morgan fingerprint density at radius 3 is 2.56 bits per heavy atom. The van der Waals surface area contributed by atoms with Crippen molar-refractivity contribution in [3.05, 3.63) is 33.8 Å². The number of halogens is 2. The number of carbonyl (C=O) groups is 1. The molecule has 0 atom stereocenters. The quantitative estimate of drug-likeness (QED) is 0.775. The number of benzene rings is 1. The summed E-state index contributed by atoms with van der Waals surface area (Å²) in [6.45, 7) is 2.48. The van der Waals surface area contributed by atoms with E-state index in [2.05, 4.69) is 4.90 Å². The van der Waals surface area contributed by atoms with Gasteiger partial charge in [-0.25, -0.2) is 0 Å². The number of hydrogen-bond donors (Lipinski definition) is 0. The Morgan fingerprint density at radius 2 is 1.94 bits per heavy atom. The molecule has 1 fully saturated rings. The van der Waals surface area contributed by atoms with Crippen molar-refractivity contribution < 1.29 is 4.79 Å². The summed E-state index contributed by atoms with van der Waals surface area (Å²) in [4.78, 5) is 14.1. The summed E-state index contributed by atoms with van der Waals surface area (Å²) in [5.41, 5.74) is 0.568. The van der Waals surface area contributed by atoms with Crippen molar-refractivity contribution in [3.8, 4) is 0 Å². The van der Waals surface area contributed by atoms with Crippen LogP contribution in [0.2, 0.25) is 10.0 Å². The van der Waals surface area contributed by atoms with Crippen molar-refractivity contribution in [1.29, 1.82) is 0 Å². The predicted molar refractivity (Wildman–Crippen MR) is 66.5 cm³/mol. The summed E-state index contributed by atoms with van der Waals surface area (Å²) in [7, 11) is 0. The van der Waals surface area contributed by atoms with Gasteiger partial charge in [0.25, 0.3) is 0 Å². The highest BCUT2D eigenvalue weighted by Gasteiger charge is 2.17. The van der Waals surface area contributed by atoms with Gasteiger partial charge in [-0.3, -0.25) is 9.69 Å². The van der Waals surface area contributed by atoms with E-state index in [4.69, 9.17) is 23.2 Å². The van der Waals surface area contributed by atoms with E-state index >= 15 is 0 Å². The largest absolute Gasteiger partial charge is 0.296 e. The SMILES string of the molecule is O=C(CN1CCCC1)c1ccc(Cl)cc1Cl. The number of Topliss-reactive ketones (excluding diaryl/α,β-unsaturated/α-hetero) is 1. The van der Waals surface area contributed by atoms with Gasteiger partial charge in [0.05, 0.1) is 11.6 Å². The predicted octanol–water partition coefficient (Wildman–Crippen LogP) is 3.27. The monoisotopic (exact) mass is 257 g/mol. The lowest BCUT2D eigenvalue weighted by Crippen LogP contribution is -2.26. The first-order valence-electron chi connectivity index (χ1n) is 5.37. The Morgan fingerprint density at radius 1 is 1.25 bits per heavy atom. The summed E-state index contributed by atoms with van der Waals surface area (Å²) in [6, 6.07) is 5.01. The van der Waals surface area contributed by atoms with E-state index in [1.807, 2.05) is 0 Å². The van der Waals surface area contributed by atoms with Crippen LogP contribution in [0.15, 0.2) is 18.2 Å². The topological polar surface area (TPSA) is 20.3 Å². The van der Waals surface area contributed by atoms with Crippen LogP contribution < -0.4 is 0 Å². The first-order chi connectivity index (χ1) is 7.66. The average Bonchev–Trinajstić information content (AvgIpc) is 2.70. The molecule has 1 aliphatic rings. The zero-order valence-electron chi connectivity index (χ0n) is 8.88. The van der Waals surface area contributed by atoms with E-state index in [1.54, 1.807) is 18.2 Å². The first kappa shape index (κ1) is 11.9.